The molecule has 0 spiro atoms. The molecular formula is C22H36N6O. The maximum atomic E-state index is 11.9. The highest BCUT2D eigenvalue weighted by Gasteiger charge is 2.25. The third-order valence-electron chi connectivity index (χ3n) is 5.86. The van der Waals surface area contributed by atoms with Crippen molar-refractivity contribution in [1.29, 1.82) is 0 Å². The van der Waals surface area contributed by atoms with E-state index in [2.05, 4.69) is 46.5 Å². The first kappa shape index (κ1) is 21.4. The number of nitrogens with zero attached hydrogens (tertiary/aromatic N) is 4. The number of aromatic nitrogens is 1. The number of carbonyl (C=O) groups excluding carboxylic acids is 1. The molecular weight excluding hydrogens is 364 g/mol. The molecule has 0 saturated carbocycles. The number of nitrogens with one attached hydrogen (secondary N) is 2. The van der Waals surface area contributed by atoms with Gasteiger partial charge >= 0.3 is 0 Å². The lowest BCUT2D eigenvalue weighted by Gasteiger charge is -2.31. The summed E-state index contributed by atoms with van der Waals surface area (Å²) < 4.78 is 0. The summed E-state index contributed by atoms with van der Waals surface area (Å²) in [6, 6.07) is 4.50. The van der Waals surface area contributed by atoms with Crippen LogP contribution in [0.2, 0.25) is 0 Å². The summed E-state index contributed by atoms with van der Waals surface area (Å²) in [5.74, 6) is 2.92. The van der Waals surface area contributed by atoms with Gasteiger partial charge in [-0.25, -0.2) is 9.98 Å². The van der Waals surface area contributed by atoms with Crippen molar-refractivity contribution >= 4 is 17.7 Å². The third kappa shape index (κ3) is 6.08. The van der Waals surface area contributed by atoms with Crippen molar-refractivity contribution < 1.29 is 4.79 Å². The van der Waals surface area contributed by atoms with Gasteiger partial charge in [0.15, 0.2) is 5.96 Å². The summed E-state index contributed by atoms with van der Waals surface area (Å²) in [5.41, 5.74) is 1.10. The number of carbonyl (C=O) groups is 1. The highest BCUT2D eigenvalue weighted by atomic mass is 16.2. The van der Waals surface area contributed by atoms with Crippen LogP contribution in [0.5, 0.6) is 0 Å². The summed E-state index contributed by atoms with van der Waals surface area (Å²) in [6.07, 6.45) is 5.96. The van der Waals surface area contributed by atoms with Crippen molar-refractivity contribution in [2.24, 2.45) is 10.9 Å². The average Bonchev–Trinajstić information content (AvgIpc) is 3.21. The largest absolute Gasteiger partial charge is 0.357 e. The summed E-state index contributed by atoms with van der Waals surface area (Å²) in [7, 11) is 0. The minimum Gasteiger partial charge on any atom is -0.357 e. The molecule has 160 valence electrons. The lowest BCUT2D eigenvalue weighted by atomic mass is 9.99. The number of guanidine groups is 1. The van der Waals surface area contributed by atoms with Gasteiger partial charge in [0.25, 0.3) is 0 Å². The van der Waals surface area contributed by atoms with Crippen LogP contribution in [0, 0.1) is 5.92 Å². The molecule has 1 aromatic heterocycles. The Kier molecular flexibility index (Phi) is 7.72. The Hall–Kier alpha value is -2.31. The van der Waals surface area contributed by atoms with E-state index >= 15 is 0 Å². The van der Waals surface area contributed by atoms with Crippen LogP contribution in [0.15, 0.2) is 23.3 Å². The second kappa shape index (κ2) is 10.5. The summed E-state index contributed by atoms with van der Waals surface area (Å²) >= 11 is 0. The van der Waals surface area contributed by atoms with Gasteiger partial charge in [0.1, 0.15) is 5.82 Å². The Balaban J connectivity index is 1.54. The number of anilines is 1. The van der Waals surface area contributed by atoms with E-state index in [4.69, 9.17) is 4.99 Å². The van der Waals surface area contributed by atoms with Crippen LogP contribution in [-0.2, 0) is 11.3 Å². The molecule has 7 nitrogen and oxygen atoms in total. The number of likely N-dealkylation sites (tertiary alicyclic amines) is 1. The zero-order valence-corrected chi connectivity index (χ0v) is 18.2. The molecule has 1 unspecified atom stereocenters. The quantitative estimate of drug-likeness (QED) is 0.567. The van der Waals surface area contributed by atoms with Gasteiger partial charge < -0.3 is 20.4 Å². The molecule has 0 radical (unpaired) electrons. The predicted octanol–water partition coefficient (Wildman–Crippen LogP) is 2.38. The number of pyridine rings is 1. The number of rotatable bonds is 6. The van der Waals surface area contributed by atoms with Crippen LogP contribution < -0.4 is 15.5 Å². The Labute approximate surface area is 175 Å². The molecule has 2 fully saturated rings. The molecule has 3 rings (SSSR count). The highest BCUT2D eigenvalue weighted by Crippen LogP contribution is 2.21. The van der Waals surface area contributed by atoms with Gasteiger partial charge in [0.2, 0.25) is 5.91 Å². The fraction of sp³-hybridized carbons (Fsp3) is 0.682. The Morgan fingerprint density at radius 1 is 1.21 bits per heavy atom. The molecule has 1 aromatic rings. The van der Waals surface area contributed by atoms with E-state index in [9.17, 15) is 4.79 Å². The van der Waals surface area contributed by atoms with Crippen LogP contribution in [0.25, 0.3) is 0 Å². The fourth-order valence-electron chi connectivity index (χ4n) is 3.95. The van der Waals surface area contributed by atoms with Crippen LogP contribution in [0.4, 0.5) is 5.82 Å². The van der Waals surface area contributed by atoms with Crippen molar-refractivity contribution in [3.63, 3.8) is 0 Å². The van der Waals surface area contributed by atoms with Crippen LogP contribution in [-0.4, -0.2) is 60.5 Å². The van der Waals surface area contributed by atoms with Crippen molar-refractivity contribution in [3.05, 3.63) is 23.9 Å². The van der Waals surface area contributed by atoms with E-state index < -0.39 is 0 Å². The zero-order valence-electron chi connectivity index (χ0n) is 18.2. The molecule has 29 heavy (non-hydrogen) atoms. The van der Waals surface area contributed by atoms with E-state index in [1.165, 1.54) is 12.8 Å². The van der Waals surface area contributed by atoms with Gasteiger partial charge in [-0.05, 0) is 43.7 Å². The Morgan fingerprint density at radius 2 is 2.00 bits per heavy atom. The Bertz CT molecular complexity index is 681. The molecule has 1 amide bonds. The van der Waals surface area contributed by atoms with Crippen molar-refractivity contribution in [2.75, 3.05) is 37.6 Å². The first-order chi connectivity index (χ1) is 14.1. The van der Waals surface area contributed by atoms with E-state index in [-0.39, 0.29) is 11.9 Å². The minimum atomic E-state index is 0.227. The second-order valence-electron chi connectivity index (χ2n) is 8.21. The smallest absolute Gasteiger partial charge is 0.222 e. The predicted molar refractivity (Wildman–Crippen MR) is 118 cm³/mol. The van der Waals surface area contributed by atoms with Gasteiger partial charge in [0, 0.05) is 51.4 Å². The normalized spacial score (nSPS) is 20.8. The molecule has 3 heterocycles. The van der Waals surface area contributed by atoms with E-state index in [0.717, 1.165) is 62.4 Å². The number of aliphatic imine (C=N–C) groups is 1. The van der Waals surface area contributed by atoms with Crippen molar-refractivity contribution in [3.8, 4) is 0 Å². The molecule has 7 heteroatoms. The second-order valence-corrected chi connectivity index (χ2v) is 8.21. The zero-order chi connectivity index (χ0) is 20.6. The summed E-state index contributed by atoms with van der Waals surface area (Å²) in [4.78, 5) is 25.6. The number of piperidine rings is 1. The lowest BCUT2D eigenvalue weighted by molar-refractivity contribution is -0.129. The van der Waals surface area contributed by atoms with E-state index in [0.29, 0.717) is 13.0 Å². The molecule has 0 bridgehead atoms. The standard InChI is InChI=1S/C22H36N6O/c1-4-21(29)28-13-10-19(16-28)26-22(23-5-2)25-15-18-6-7-20(24-14-18)27-11-8-17(3)9-12-27/h6-7,14,17,19H,4-5,8-13,15-16H2,1-3H3,(H2,23,25,26). The first-order valence-corrected chi connectivity index (χ1v) is 11.1. The lowest BCUT2D eigenvalue weighted by Crippen LogP contribution is -2.45. The fourth-order valence-corrected chi connectivity index (χ4v) is 3.95. The average molecular weight is 401 g/mol. The topological polar surface area (TPSA) is 72.9 Å². The Morgan fingerprint density at radius 3 is 2.66 bits per heavy atom. The summed E-state index contributed by atoms with van der Waals surface area (Å²) in [6.45, 7) is 11.5. The van der Waals surface area contributed by atoms with Crippen LogP contribution in [0.1, 0.15) is 52.0 Å². The number of amides is 1. The molecule has 1 atom stereocenters. The highest BCUT2D eigenvalue weighted by molar-refractivity contribution is 5.80. The molecule has 2 aliphatic heterocycles. The maximum absolute atomic E-state index is 11.9. The van der Waals surface area contributed by atoms with Gasteiger partial charge in [-0.2, -0.15) is 0 Å². The van der Waals surface area contributed by atoms with Gasteiger partial charge in [-0.1, -0.05) is 19.9 Å². The van der Waals surface area contributed by atoms with E-state index in [1.54, 1.807) is 0 Å². The third-order valence-corrected chi connectivity index (χ3v) is 5.86. The molecule has 0 aliphatic carbocycles. The maximum Gasteiger partial charge on any atom is 0.222 e. The van der Waals surface area contributed by atoms with Gasteiger partial charge in [-0.3, -0.25) is 4.79 Å². The van der Waals surface area contributed by atoms with Crippen LogP contribution >= 0.6 is 0 Å². The summed E-state index contributed by atoms with van der Waals surface area (Å²) in [5, 5.41) is 6.79. The van der Waals surface area contributed by atoms with Gasteiger partial charge in [0.05, 0.1) is 6.54 Å². The molecule has 2 aliphatic rings. The number of hydrogen-bond donors (Lipinski definition) is 2. The van der Waals surface area contributed by atoms with E-state index in [1.807, 2.05) is 18.0 Å². The molecule has 0 aromatic carbocycles. The van der Waals surface area contributed by atoms with Crippen molar-refractivity contribution in [1.82, 2.24) is 20.5 Å². The van der Waals surface area contributed by atoms with Gasteiger partial charge in [-0.15, -0.1) is 0 Å². The molecule has 2 saturated heterocycles. The SMILES string of the molecule is CCNC(=NCc1ccc(N2CCC(C)CC2)nc1)NC1CCN(C(=O)CC)C1. The van der Waals surface area contributed by atoms with Crippen molar-refractivity contribution in [2.45, 2.75) is 59.0 Å². The number of hydrogen-bond acceptors (Lipinski definition) is 4. The molecule has 2 N–H and O–H groups in total. The first-order valence-electron chi connectivity index (χ1n) is 11.1. The minimum absolute atomic E-state index is 0.227. The van der Waals surface area contributed by atoms with Crippen LogP contribution in [0.3, 0.4) is 0 Å². The monoisotopic (exact) mass is 400 g/mol.